The zero-order chi connectivity index (χ0) is 12.1. The molecule has 0 aliphatic heterocycles. The lowest BCUT2D eigenvalue weighted by molar-refractivity contribution is 0.0916. The highest BCUT2D eigenvalue weighted by Gasteiger charge is 2.07. The van der Waals surface area contributed by atoms with Crippen LogP contribution in [0.15, 0.2) is 23.1 Å². The van der Waals surface area contributed by atoms with E-state index in [1.165, 1.54) is 0 Å². The fraction of sp³-hybridized carbons (Fsp3) is 0.500. The molecule has 3 nitrogen and oxygen atoms in total. The Morgan fingerprint density at radius 3 is 2.69 bits per heavy atom. The Hall–Kier alpha value is -0.870. The van der Waals surface area contributed by atoms with Crippen LogP contribution in [-0.4, -0.2) is 22.7 Å². The Balaban J connectivity index is 2.59. The largest absolute Gasteiger partial charge is 0.399 e. The molecule has 1 rings (SSSR count). The number of benzene rings is 1. The molecule has 1 aromatic rings. The van der Waals surface area contributed by atoms with E-state index in [1.54, 1.807) is 6.07 Å². The Morgan fingerprint density at radius 1 is 1.44 bits per heavy atom. The quantitative estimate of drug-likeness (QED) is 0.803. The van der Waals surface area contributed by atoms with E-state index in [9.17, 15) is 4.21 Å². The molecule has 90 valence electrons. The topological polar surface area (TPSA) is 52.3 Å². The molecule has 16 heavy (non-hydrogen) atoms. The molecule has 0 radical (unpaired) electrons. The van der Waals surface area contributed by atoms with Crippen LogP contribution in [0.25, 0.3) is 0 Å². The predicted molar refractivity (Wildman–Crippen MR) is 68.0 cm³/mol. The molecule has 1 aromatic carbocycles. The molecule has 0 saturated heterocycles. The van der Waals surface area contributed by atoms with E-state index < -0.39 is 10.8 Å². The monoisotopic (exact) mass is 241 g/mol. The van der Waals surface area contributed by atoms with Crippen molar-refractivity contribution in [3.05, 3.63) is 23.8 Å². The van der Waals surface area contributed by atoms with Crippen LogP contribution in [0.2, 0.25) is 0 Å². The molecule has 1 atom stereocenters. The highest BCUT2D eigenvalue weighted by Crippen LogP contribution is 2.16. The van der Waals surface area contributed by atoms with Gasteiger partial charge in [-0.3, -0.25) is 4.21 Å². The zero-order valence-corrected chi connectivity index (χ0v) is 10.8. The standard InChI is InChI=1S/C12H19NO2S/c1-9(2)15-6-7-16(14)12-5-4-11(13)8-10(12)3/h4-5,8-9H,6-7,13H2,1-3H3. The lowest BCUT2D eigenvalue weighted by Gasteiger charge is -2.09. The van der Waals surface area contributed by atoms with Crippen LogP contribution in [0.5, 0.6) is 0 Å². The van der Waals surface area contributed by atoms with Crippen molar-refractivity contribution in [2.24, 2.45) is 0 Å². The van der Waals surface area contributed by atoms with Gasteiger partial charge in [-0.1, -0.05) is 0 Å². The first-order chi connectivity index (χ1) is 7.50. The van der Waals surface area contributed by atoms with E-state index in [0.29, 0.717) is 18.0 Å². The van der Waals surface area contributed by atoms with Crippen molar-refractivity contribution < 1.29 is 8.95 Å². The third-order valence-electron chi connectivity index (χ3n) is 2.16. The van der Waals surface area contributed by atoms with Crippen LogP contribution in [0.1, 0.15) is 19.4 Å². The summed E-state index contributed by atoms with van der Waals surface area (Å²) >= 11 is 0. The fourth-order valence-corrected chi connectivity index (χ4v) is 2.50. The molecule has 0 bridgehead atoms. The van der Waals surface area contributed by atoms with Gasteiger partial charge in [0.1, 0.15) is 0 Å². The summed E-state index contributed by atoms with van der Waals surface area (Å²) in [5, 5.41) is 0. The van der Waals surface area contributed by atoms with Gasteiger partial charge >= 0.3 is 0 Å². The van der Waals surface area contributed by atoms with Gasteiger partial charge in [0.25, 0.3) is 0 Å². The highest BCUT2D eigenvalue weighted by atomic mass is 32.2. The summed E-state index contributed by atoms with van der Waals surface area (Å²) in [5.74, 6) is 0.531. The van der Waals surface area contributed by atoms with Crippen molar-refractivity contribution in [2.75, 3.05) is 18.1 Å². The van der Waals surface area contributed by atoms with E-state index in [-0.39, 0.29) is 6.10 Å². The van der Waals surface area contributed by atoms with Crippen molar-refractivity contribution in [2.45, 2.75) is 31.8 Å². The second-order valence-corrected chi connectivity index (χ2v) is 5.53. The zero-order valence-electron chi connectivity index (χ0n) is 10.0. The number of nitrogens with two attached hydrogens (primary N) is 1. The van der Waals surface area contributed by atoms with E-state index in [1.807, 2.05) is 32.9 Å². The van der Waals surface area contributed by atoms with E-state index in [4.69, 9.17) is 10.5 Å². The molecule has 0 aromatic heterocycles. The van der Waals surface area contributed by atoms with E-state index >= 15 is 0 Å². The molecule has 0 spiro atoms. The summed E-state index contributed by atoms with van der Waals surface area (Å²) in [4.78, 5) is 0.849. The number of aryl methyl sites for hydroxylation is 1. The van der Waals surface area contributed by atoms with Gasteiger partial charge in [-0.15, -0.1) is 0 Å². The number of rotatable bonds is 5. The Kier molecular flexibility index (Phi) is 4.96. The van der Waals surface area contributed by atoms with Crippen LogP contribution in [-0.2, 0) is 15.5 Å². The van der Waals surface area contributed by atoms with Crippen LogP contribution >= 0.6 is 0 Å². The molecular weight excluding hydrogens is 222 g/mol. The van der Waals surface area contributed by atoms with Crippen molar-refractivity contribution in [1.82, 2.24) is 0 Å². The van der Waals surface area contributed by atoms with Crippen molar-refractivity contribution in [1.29, 1.82) is 0 Å². The van der Waals surface area contributed by atoms with Gasteiger partial charge in [0.05, 0.1) is 29.3 Å². The van der Waals surface area contributed by atoms with Crippen LogP contribution in [0.4, 0.5) is 5.69 Å². The minimum absolute atomic E-state index is 0.185. The molecule has 0 saturated carbocycles. The molecule has 0 aliphatic carbocycles. The van der Waals surface area contributed by atoms with Crippen LogP contribution < -0.4 is 5.73 Å². The maximum absolute atomic E-state index is 11.9. The number of anilines is 1. The Bertz CT molecular complexity index is 377. The summed E-state index contributed by atoms with van der Waals surface area (Å²) in [7, 11) is -1.00. The second kappa shape index (κ2) is 6.01. The lowest BCUT2D eigenvalue weighted by atomic mass is 10.2. The SMILES string of the molecule is Cc1cc(N)ccc1S(=O)CCOC(C)C. The number of hydrogen-bond acceptors (Lipinski definition) is 3. The average Bonchev–Trinajstić information content (AvgIpc) is 2.16. The minimum atomic E-state index is -1.00. The van der Waals surface area contributed by atoms with Crippen molar-refractivity contribution in [3.8, 4) is 0 Å². The molecule has 0 aliphatic rings. The predicted octanol–water partition coefficient (Wildman–Crippen LogP) is 2.11. The minimum Gasteiger partial charge on any atom is -0.399 e. The van der Waals surface area contributed by atoms with Gasteiger partial charge in [0, 0.05) is 10.6 Å². The summed E-state index contributed by atoms with van der Waals surface area (Å²) in [6, 6.07) is 5.45. The van der Waals surface area contributed by atoms with Crippen molar-refractivity contribution in [3.63, 3.8) is 0 Å². The first-order valence-electron chi connectivity index (χ1n) is 5.37. The fourth-order valence-electron chi connectivity index (χ4n) is 1.40. The van der Waals surface area contributed by atoms with Gasteiger partial charge in [0.2, 0.25) is 0 Å². The van der Waals surface area contributed by atoms with Gasteiger partial charge in [0.15, 0.2) is 0 Å². The van der Waals surface area contributed by atoms with Gasteiger partial charge < -0.3 is 10.5 Å². The summed E-state index contributed by atoms with van der Waals surface area (Å²) in [5.41, 5.74) is 7.32. The first kappa shape index (κ1) is 13.2. The molecule has 0 amide bonds. The average molecular weight is 241 g/mol. The smallest absolute Gasteiger partial charge is 0.0588 e. The highest BCUT2D eigenvalue weighted by molar-refractivity contribution is 7.85. The second-order valence-electron chi connectivity index (χ2n) is 3.99. The molecule has 2 N–H and O–H groups in total. The lowest BCUT2D eigenvalue weighted by Crippen LogP contribution is -2.11. The van der Waals surface area contributed by atoms with E-state index in [2.05, 4.69) is 0 Å². The summed E-state index contributed by atoms with van der Waals surface area (Å²) in [6.07, 6.45) is 0.185. The Labute approximate surface area is 99.4 Å². The third kappa shape index (κ3) is 3.94. The third-order valence-corrected chi connectivity index (χ3v) is 3.65. The molecule has 4 heteroatoms. The molecule has 1 unspecified atom stereocenters. The maximum Gasteiger partial charge on any atom is 0.0588 e. The number of nitrogen functional groups attached to an aromatic ring is 1. The number of hydrogen-bond donors (Lipinski definition) is 1. The normalized spacial score (nSPS) is 13.0. The molecule has 0 fully saturated rings. The Morgan fingerprint density at radius 2 is 2.12 bits per heavy atom. The maximum atomic E-state index is 11.9. The van der Waals surface area contributed by atoms with Gasteiger partial charge in [-0.25, -0.2) is 0 Å². The van der Waals surface area contributed by atoms with E-state index in [0.717, 1.165) is 10.5 Å². The van der Waals surface area contributed by atoms with Gasteiger partial charge in [-0.05, 0) is 44.5 Å². The van der Waals surface area contributed by atoms with Crippen LogP contribution in [0, 0.1) is 6.92 Å². The molecule has 0 heterocycles. The van der Waals surface area contributed by atoms with Crippen LogP contribution in [0.3, 0.4) is 0 Å². The summed E-state index contributed by atoms with van der Waals surface area (Å²) < 4.78 is 17.3. The first-order valence-corrected chi connectivity index (χ1v) is 6.68. The van der Waals surface area contributed by atoms with Crippen molar-refractivity contribution >= 4 is 16.5 Å². The summed E-state index contributed by atoms with van der Waals surface area (Å²) in [6.45, 7) is 6.38. The number of ether oxygens (including phenoxy) is 1. The molecular formula is C12H19NO2S. The van der Waals surface area contributed by atoms with Gasteiger partial charge in [-0.2, -0.15) is 0 Å².